The molecule has 0 aromatic heterocycles. The molecular formula is C30H32Cl2Zr. The summed E-state index contributed by atoms with van der Waals surface area (Å²) in [5, 5.41) is 0. The number of hydrogen-bond acceptors (Lipinski definition) is 0. The van der Waals surface area contributed by atoms with Crippen LogP contribution in [0.1, 0.15) is 41.9 Å². The van der Waals surface area contributed by atoms with E-state index in [0.29, 0.717) is 3.63 Å². The maximum absolute atomic E-state index is 4.12. The molecule has 0 radical (unpaired) electrons. The van der Waals surface area contributed by atoms with E-state index in [1.807, 2.05) is 0 Å². The Morgan fingerprint density at radius 2 is 1.39 bits per heavy atom. The SMILES string of the molecule is C.C=CC[CH2][Zr+2]([C]1=CC(C)=CC1)([c]1ccccc1)[CH]1c2ccccc2-c2ccccc21.[Cl-].[Cl-]. The fourth-order valence-electron chi connectivity index (χ4n) is 5.71. The maximum atomic E-state index is 4.12. The number of benzene rings is 3. The minimum Gasteiger partial charge on any atom is -1.00 e. The van der Waals surface area contributed by atoms with Crippen LogP contribution in [0.15, 0.2) is 113 Å². The van der Waals surface area contributed by atoms with Gasteiger partial charge in [0, 0.05) is 0 Å². The fourth-order valence-corrected chi connectivity index (χ4v) is 20.3. The van der Waals surface area contributed by atoms with E-state index in [2.05, 4.69) is 111 Å². The summed E-state index contributed by atoms with van der Waals surface area (Å²) in [5.41, 5.74) is 7.41. The first-order chi connectivity index (χ1) is 14.8. The molecule has 2 aliphatic carbocycles. The predicted octanol–water partition coefficient (Wildman–Crippen LogP) is 2.11. The molecule has 0 saturated carbocycles. The van der Waals surface area contributed by atoms with Gasteiger partial charge in [-0.25, -0.2) is 0 Å². The number of halogens is 2. The van der Waals surface area contributed by atoms with Crippen LogP contribution in [0.3, 0.4) is 0 Å². The predicted molar refractivity (Wildman–Crippen MR) is 133 cm³/mol. The molecule has 0 heterocycles. The zero-order valence-corrected chi connectivity index (χ0v) is 22.4. The van der Waals surface area contributed by atoms with Crippen LogP contribution in [-0.4, -0.2) is 0 Å². The summed E-state index contributed by atoms with van der Waals surface area (Å²) in [7, 11) is 0. The van der Waals surface area contributed by atoms with Crippen molar-refractivity contribution in [1.29, 1.82) is 0 Å². The first-order valence-corrected chi connectivity index (χ1v) is 16.6. The molecule has 0 N–H and O–H groups in total. The van der Waals surface area contributed by atoms with E-state index in [1.54, 1.807) is 17.7 Å². The second kappa shape index (κ2) is 11.7. The zero-order valence-electron chi connectivity index (χ0n) is 18.4. The molecule has 0 aliphatic heterocycles. The molecule has 2 aliphatic rings. The van der Waals surface area contributed by atoms with E-state index in [0.717, 1.165) is 12.8 Å². The van der Waals surface area contributed by atoms with Gasteiger partial charge in [0.15, 0.2) is 0 Å². The summed E-state index contributed by atoms with van der Waals surface area (Å²) in [6.07, 6.45) is 9.31. The van der Waals surface area contributed by atoms with E-state index in [1.165, 1.54) is 20.8 Å². The third kappa shape index (κ3) is 4.66. The van der Waals surface area contributed by atoms with Gasteiger partial charge >= 0.3 is 186 Å². The average Bonchev–Trinajstić information content (AvgIpc) is 3.38. The van der Waals surface area contributed by atoms with Crippen molar-refractivity contribution < 1.29 is 45.1 Å². The number of allylic oxidation sites excluding steroid dienone is 5. The van der Waals surface area contributed by atoms with Crippen molar-refractivity contribution in [3.05, 3.63) is 124 Å². The van der Waals surface area contributed by atoms with Crippen molar-refractivity contribution in [2.24, 2.45) is 0 Å². The fraction of sp³-hybridized carbons (Fsp3) is 0.200. The van der Waals surface area contributed by atoms with Crippen LogP contribution in [0.2, 0.25) is 4.13 Å². The molecular weight excluding hydrogens is 522 g/mol. The van der Waals surface area contributed by atoms with Gasteiger partial charge in [-0.15, -0.1) is 0 Å². The quantitative estimate of drug-likeness (QED) is 0.410. The van der Waals surface area contributed by atoms with Gasteiger partial charge in [0.2, 0.25) is 0 Å². The second-order valence-electron chi connectivity index (χ2n) is 8.59. The van der Waals surface area contributed by atoms with Crippen molar-refractivity contribution in [2.75, 3.05) is 0 Å². The third-order valence-electron chi connectivity index (χ3n) is 6.98. The Bertz CT molecular complexity index is 1120. The van der Waals surface area contributed by atoms with Gasteiger partial charge in [-0.05, 0) is 0 Å². The average molecular weight is 555 g/mol. The standard InChI is InChI=1S/C13H9.C6H7.C6H5.C4H7.CH4.2ClH.Zr/c1-3-7-12-10(5-1)9-11-6-2-4-8-13(11)12;1-6-4-2-3-5-6;1-2-4-6-5-3-1;1-3-4-2;;;;/h1-9H;4-5H,2H2,1H3;1-5H;3H,1-2,4H2;1H4;2*1H;/q;;;;;;;+2/p-2. The molecule has 0 amide bonds. The Balaban J connectivity index is 0.00000128. The summed E-state index contributed by atoms with van der Waals surface area (Å²) in [6.45, 7) is 6.38. The molecule has 3 heteroatoms. The summed E-state index contributed by atoms with van der Waals surface area (Å²) in [4.78, 5) is 0. The molecule has 3 aromatic carbocycles. The molecule has 1 atom stereocenters. The molecule has 0 fully saturated rings. The van der Waals surface area contributed by atoms with Crippen molar-refractivity contribution in [3.8, 4) is 11.1 Å². The van der Waals surface area contributed by atoms with Crippen LogP contribution in [0, 0.1) is 0 Å². The summed E-state index contributed by atoms with van der Waals surface area (Å²) in [5.74, 6) is 0. The van der Waals surface area contributed by atoms with Gasteiger partial charge in [0.25, 0.3) is 0 Å². The van der Waals surface area contributed by atoms with E-state index in [4.69, 9.17) is 0 Å². The topological polar surface area (TPSA) is 0 Å². The molecule has 5 rings (SSSR count). The molecule has 0 spiro atoms. The van der Waals surface area contributed by atoms with E-state index >= 15 is 0 Å². The second-order valence-corrected chi connectivity index (χ2v) is 19.0. The van der Waals surface area contributed by atoms with Crippen molar-refractivity contribution in [1.82, 2.24) is 0 Å². The minimum atomic E-state index is -3.18. The number of hydrogen-bond donors (Lipinski definition) is 0. The minimum absolute atomic E-state index is 0. The van der Waals surface area contributed by atoms with Gasteiger partial charge in [0.1, 0.15) is 0 Å². The number of fused-ring (bicyclic) bond motifs is 3. The van der Waals surface area contributed by atoms with Crippen molar-refractivity contribution in [2.45, 2.75) is 34.9 Å². The van der Waals surface area contributed by atoms with Crippen LogP contribution in [0.25, 0.3) is 11.1 Å². The summed E-state index contributed by atoms with van der Waals surface area (Å²) in [6, 6.07) is 29.8. The molecule has 33 heavy (non-hydrogen) atoms. The largest absolute Gasteiger partial charge is 1.00 e. The molecule has 170 valence electrons. The molecule has 3 aromatic rings. The third-order valence-corrected chi connectivity index (χ3v) is 20.6. The van der Waals surface area contributed by atoms with Gasteiger partial charge in [-0.2, -0.15) is 0 Å². The van der Waals surface area contributed by atoms with Crippen LogP contribution in [0.4, 0.5) is 0 Å². The molecule has 0 bridgehead atoms. The Labute approximate surface area is 216 Å². The zero-order chi connectivity index (χ0) is 20.6. The van der Waals surface area contributed by atoms with E-state index in [9.17, 15) is 0 Å². The summed E-state index contributed by atoms with van der Waals surface area (Å²) < 4.78 is 5.15. The molecule has 1 unspecified atom stereocenters. The van der Waals surface area contributed by atoms with E-state index < -0.39 is 20.3 Å². The molecule has 0 saturated heterocycles. The van der Waals surface area contributed by atoms with Crippen molar-refractivity contribution in [3.63, 3.8) is 0 Å². The number of rotatable bonds is 6. The van der Waals surface area contributed by atoms with Gasteiger partial charge in [-0.1, -0.05) is 7.43 Å². The first kappa shape index (κ1) is 27.6. The maximum Gasteiger partial charge on any atom is -1.00 e. The smallest absolute Gasteiger partial charge is 1.00 e. The Kier molecular flexibility index (Phi) is 9.74. The van der Waals surface area contributed by atoms with Crippen LogP contribution in [0.5, 0.6) is 0 Å². The van der Waals surface area contributed by atoms with Crippen LogP contribution < -0.4 is 28.1 Å². The summed E-state index contributed by atoms with van der Waals surface area (Å²) >= 11 is -3.18. The van der Waals surface area contributed by atoms with Gasteiger partial charge in [-0.3, -0.25) is 0 Å². The van der Waals surface area contributed by atoms with Crippen LogP contribution in [-0.2, 0) is 20.3 Å². The normalized spacial score (nSPS) is 14.5. The van der Waals surface area contributed by atoms with Gasteiger partial charge < -0.3 is 24.8 Å². The van der Waals surface area contributed by atoms with Crippen molar-refractivity contribution >= 4 is 3.27 Å². The van der Waals surface area contributed by atoms with Crippen LogP contribution >= 0.6 is 0 Å². The molecule has 0 nitrogen and oxygen atoms in total. The van der Waals surface area contributed by atoms with E-state index in [-0.39, 0.29) is 32.2 Å². The Morgan fingerprint density at radius 3 is 1.91 bits per heavy atom. The van der Waals surface area contributed by atoms with Gasteiger partial charge in [0.05, 0.1) is 0 Å². The first-order valence-electron chi connectivity index (χ1n) is 11.0. The Hall–Kier alpha value is -1.66. The monoisotopic (exact) mass is 552 g/mol. The Morgan fingerprint density at radius 1 is 0.848 bits per heavy atom.